The Balaban J connectivity index is 1.29. The maximum Gasteiger partial charge on any atom is 0.294 e. The highest BCUT2D eigenvalue weighted by Gasteiger charge is 2.36. The molecule has 0 atom stereocenters. The summed E-state index contributed by atoms with van der Waals surface area (Å²) in [5.74, 6) is 0.165. The zero-order valence-electron chi connectivity index (χ0n) is 23.1. The van der Waals surface area contributed by atoms with E-state index in [9.17, 15) is 14.4 Å². The van der Waals surface area contributed by atoms with Gasteiger partial charge in [0, 0.05) is 5.69 Å². The molecular formula is C33H30N2O5S. The number of fused-ring (bicyclic) bond motifs is 1. The minimum absolute atomic E-state index is 0.237. The second-order valence-electron chi connectivity index (χ2n) is 9.70. The molecule has 3 amide bonds. The molecule has 0 saturated carbocycles. The number of aryl methyl sites for hydroxylation is 2. The van der Waals surface area contributed by atoms with E-state index in [0.717, 1.165) is 44.1 Å². The number of nitrogens with one attached hydrogen (secondary N) is 1. The lowest BCUT2D eigenvalue weighted by Crippen LogP contribution is -2.36. The van der Waals surface area contributed by atoms with Gasteiger partial charge < -0.3 is 14.8 Å². The first kappa shape index (κ1) is 28.0. The molecule has 41 heavy (non-hydrogen) atoms. The van der Waals surface area contributed by atoms with Crippen molar-refractivity contribution in [2.24, 2.45) is 0 Å². The maximum atomic E-state index is 13.0. The fraction of sp³-hybridized carbons (Fsp3) is 0.182. The van der Waals surface area contributed by atoms with Gasteiger partial charge in [0.25, 0.3) is 11.1 Å². The second-order valence-corrected chi connectivity index (χ2v) is 10.7. The third-order valence-electron chi connectivity index (χ3n) is 6.66. The van der Waals surface area contributed by atoms with E-state index in [0.29, 0.717) is 36.0 Å². The van der Waals surface area contributed by atoms with E-state index < -0.39 is 17.1 Å². The Kier molecular flexibility index (Phi) is 8.40. The third kappa shape index (κ3) is 6.44. The number of amides is 3. The molecule has 0 spiro atoms. The van der Waals surface area contributed by atoms with Crippen LogP contribution in [0.5, 0.6) is 11.5 Å². The molecule has 7 nitrogen and oxygen atoms in total. The Morgan fingerprint density at radius 3 is 2.54 bits per heavy atom. The van der Waals surface area contributed by atoms with E-state index in [1.165, 1.54) is 0 Å². The second kappa shape index (κ2) is 12.3. The number of imide groups is 1. The van der Waals surface area contributed by atoms with Crippen LogP contribution in [0.15, 0.2) is 83.8 Å². The molecular weight excluding hydrogens is 536 g/mol. The van der Waals surface area contributed by atoms with Gasteiger partial charge in [0.15, 0.2) is 11.5 Å². The van der Waals surface area contributed by atoms with Crippen LogP contribution in [0.2, 0.25) is 0 Å². The lowest BCUT2D eigenvalue weighted by Gasteiger charge is -2.14. The molecule has 1 N–H and O–H groups in total. The van der Waals surface area contributed by atoms with E-state index in [4.69, 9.17) is 9.47 Å². The number of carbonyl (C=O) groups excluding carboxylic acids is 3. The topological polar surface area (TPSA) is 84.9 Å². The molecule has 8 heteroatoms. The third-order valence-corrected chi connectivity index (χ3v) is 7.57. The van der Waals surface area contributed by atoms with Crippen LogP contribution >= 0.6 is 11.8 Å². The van der Waals surface area contributed by atoms with Gasteiger partial charge in [-0.3, -0.25) is 19.3 Å². The van der Waals surface area contributed by atoms with E-state index in [-0.39, 0.29) is 11.4 Å². The highest BCUT2D eigenvalue weighted by molar-refractivity contribution is 8.18. The van der Waals surface area contributed by atoms with Crippen LogP contribution in [-0.2, 0) is 16.2 Å². The fourth-order valence-electron chi connectivity index (χ4n) is 4.65. The van der Waals surface area contributed by atoms with Crippen molar-refractivity contribution in [2.75, 3.05) is 18.5 Å². The van der Waals surface area contributed by atoms with E-state index in [1.807, 2.05) is 69.3 Å². The number of benzene rings is 4. The summed E-state index contributed by atoms with van der Waals surface area (Å²) in [6.07, 6.45) is 1.63. The highest BCUT2D eigenvalue weighted by atomic mass is 32.2. The van der Waals surface area contributed by atoms with Crippen LogP contribution in [0.4, 0.5) is 10.5 Å². The van der Waals surface area contributed by atoms with Crippen LogP contribution in [0.25, 0.3) is 16.8 Å². The van der Waals surface area contributed by atoms with Crippen molar-refractivity contribution in [3.05, 3.63) is 106 Å². The summed E-state index contributed by atoms with van der Waals surface area (Å²) in [4.78, 5) is 39.5. The number of nitrogens with zero attached hydrogens (tertiary/aromatic N) is 1. The first-order chi connectivity index (χ1) is 19.8. The molecule has 5 rings (SSSR count). The molecule has 1 aliphatic rings. The molecule has 1 aliphatic heterocycles. The summed E-state index contributed by atoms with van der Waals surface area (Å²) in [6.45, 7) is 6.18. The molecule has 4 aromatic carbocycles. The van der Waals surface area contributed by atoms with E-state index in [1.54, 1.807) is 18.2 Å². The Morgan fingerprint density at radius 1 is 0.927 bits per heavy atom. The van der Waals surface area contributed by atoms with Gasteiger partial charge in [-0.1, -0.05) is 66.2 Å². The number of rotatable bonds is 9. The van der Waals surface area contributed by atoms with Crippen molar-refractivity contribution >= 4 is 51.4 Å². The summed E-state index contributed by atoms with van der Waals surface area (Å²) < 4.78 is 12.0. The molecule has 1 saturated heterocycles. The number of carbonyl (C=O) groups is 3. The standard InChI is InChI=1S/C33H30N2O5S/c1-4-39-29-17-23(13-15-28(29)40-20-25-10-7-9-24-8-5-6-11-26(24)25)18-30-32(37)35(33(38)41-30)19-31(36)34-27-14-12-21(2)16-22(27)3/h5-18H,4,19-20H2,1-3H3,(H,34,36)/b30-18+. The number of hydrogen-bond donors (Lipinski definition) is 1. The molecule has 0 radical (unpaired) electrons. The minimum atomic E-state index is -0.509. The zero-order chi connectivity index (χ0) is 28.9. The first-order valence-corrected chi connectivity index (χ1v) is 14.1. The summed E-state index contributed by atoms with van der Waals surface area (Å²) in [6, 6.07) is 25.3. The predicted molar refractivity (Wildman–Crippen MR) is 163 cm³/mol. The zero-order valence-corrected chi connectivity index (χ0v) is 23.9. The van der Waals surface area contributed by atoms with Crippen molar-refractivity contribution in [1.29, 1.82) is 0 Å². The Morgan fingerprint density at radius 2 is 1.73 bits per heavy atom. The Bertz CT molecular complexity index is 1670. The van der Waals surface area contributed by atoms with Gasteiger partial charge in [-0.05, 0) is 84.3 Å². The van der Waals surface area contributed by atoms with Crippen LogP contribution in [-0.4, -0.2) is 35.1 Å². The quantitative estimate of drug-likeness (QED) is 0.217. The molecule has 0 unspecified atom stereocenters. The normalized spacial score (nSPS) is 14.1. The molecule has 4 aromatic rings. The monoisotopic (exact) mass is 566 g/mol. The summed E-state index contributed by atoms with van der Waals surface area (Å²) >= 11 is 0.809. The number of thioether (sulfide) groups is 1. The van der Waals surface area contributed by atoms with Gasteiger partial charge in [-0.2, -0.15) is 0 Å². The van der Waals surface area contributed by atoms with Crippen LogP contribution in [0.1, 0.15) is 29.2 Å². The molecule has 208 valence electrons. The summed E-state index contributed by atoms with van der Waals surface area (Å²) in [5, 5.41) is 4.57. The first-order valence-electron chi connectivity index (χ1n) is 13.3. The summed E-state index contributed by atoms with van der Waals surface area (Å²) in [7, 11) is 0. The molecule has 0 aromatic heterocycles. The van der Waals surface area contributed by atoms with Crippen LogP contribution < -0.4 is 14.8 Å². The summed E-state index contributed by atoms with van der Waals surface area (Å²) in [5.41, 5.74) is 4.37. The fourth-order valence-corrected chi connectivity index (χ4v) is 5.49. The van der Waals surface area contributed by atoms with E-state index >= 15 is 0 Å². The predicted octanol–water partition coefficient (Wildman–Crippen LogP) is 7.11. The van der Waals surface area contributed by atoms with Gasteiger partial charge in [0.1, 0.15) is 13.2 Å². The highest BCUT2D eigenvalue weighted by Crippen LogP contribution is 2.35. The number of ether oxygens (including phenoxy) is 2. The van der Waals surface area contributed by atoms with Gasteiger partial charge >= 0.3 is 0 Å². The molecule has 1 heterocycles. The van der Waals surface area contributed by atoms with Gasteiger partial charge in [-0.25, -0.2) is 0 Å². The molecule has 0 bridgehead atoms. The SMILES string of the molecule is CCOc1cc(/C=C2/SC(=O)N(CC(=O)Nc3ccc(C)cc3C)C2=O)ccc1OCc1cccc2ccccc12. The van der Waals surface area contributed by atoms with Gasteiger partial charge in [-0.15, -0.1) is 0 Å². The Labute approximate surface area is 243 Å². The number of hydrogen-bond acceptors (Lipinski definition) is 6. The van der Waals surface area contributed by atoms with E-state index in [2.05, 4.69) is 23.5 Å². The van der Waals surface area contributed by atoms with Crippen LogP contribution in [0.3, 0.4) is 0 Å². The van der Waals surface area contributed by atoms with Crippen molar-refractivity contribution in [3.8, 4) is 11.5 Å². The van der Waals surface area contributed by atoms with Crippen molar-refractivity contribution < 1.29 is 23.9 Å². The average molecular weight is 567 g/mol. The largest absolute Gasteiger partial charge is 0.490 e. The minimum Gasteiger partial charge on any atom is -0.490 e. The molecule has 0 aliphatic carbocycles. The Hall–Kier alpha value is -4.56. The smallest absolute Gasteiger partial charge is 0.294 e. The van der Waals surface area contributed by atoms with Gasteiger partial charge in [0.2, 0.25) is 5.91 Å². The van der Waals surface area contributed by atoms with Crippen molar-refractivity contribution in [2.45, 2.75) is 27.4 Å². The van der Waals surface area contributed by atoms with Crippen molar-refractivity contribution in [1.82, 2.24) is 4.90 Å². The maximum absolute atomic E-state index is 13.0. The van der Waals surface area contributed by atoms with Crippen LogP contribution in [0, 0.1) is 13.8 Å². The van der Waals surface area contributed by atoms with Crippen molar-refractivity contribution in [3.63, 3.8) is 0 Å². The lowest BCUT2D eigenvalue weighted by molar-refractivity contribution is -0.127. The lowest BCUT2D eigenvalue weighted by atomic mass is 10.1. The van der Waals surface area contributed by atoms with Gasteiger partial charge in [0.05, 0.1) is 11.5 Å². The average Bonchev–Trinajstić information content (AvgIpc) is 3.21. The number of anilines is 1. The molecule has 1 fully saturated rings.